The van der Waals surface area contributed by atoms with Crippen molar-refractivity contribution in [2.45, 2.75) is 13.8 Å². The lowest BCUT2D eigenvalue weighted by molar-refractivity contribution is -0.115. The number of amides is 2. The van der Waals surface area contributed by atoms with E-state index in [4.69, 9.17) is 11.6 Å². The van der Waals surface area contributed by atoms with E-state index in [1.807, 2.05) is 0 Å². The van der Waals surface area contributed by atoms with E-state index in [0.717, 1.165) is 0 Å². The van der Waals surface area contributed by atoms with Crippen molar-refractivity contribution in [2.24, 2.45) is 0 Å². The Morgan fingerprint density at radius 2 is 1.87 bits per heavy atom. The Kier molecular flexibility index (Phi) is 6.27. The molecule has 0 saturated heterocycles. The molecule has 2 N–H and O–H groups in total. The van der Waals surface area contributed by atoms with Gasteiger partial charge < -0.3 is 10.6 Å². The molecule has 30 heavy (non-hydrogen) atoms. The molecule has 0 aliphatic heterocycles. The van der Waals surface area contributed by atoms with Gasteiger partial charge in [-0.25, -0.2) is 9.07 Å². The number of benzene rings is 2. The van der Waals surface area contributed by atoms with Gasteiger partial charge in [0.05, 0.1) is 6.54 Å². The third-order valence-corrected chi connectivity index (χ3v) is 4.76. The molecule has 0 aliphatic carbocycles. The molecule has 2 amide bonds. The molecule has 0 saturated carbocycles. The summed E-state index contributed by atoms with van der Waals surface area (Å²) in [5, 5.41) is 9.48. The first-order chi connectivity index (χ1) is 14.3. The van der Waals surface area contributed by atoms with Crippen LogP contribution in [-0.2, 0) is 4.79 Å². The van der Waals surface area contributed by atoms with E-state index in [-0.39, 0.29) is 12.2 Å². The highest BCUT2D eigenvalue weighted by Crippen LogP contribution is 2.22. The zero-order chi connectivity index (χ0) is 21.8. The molecule has 0 radical (unpaired) electrons. The summed E-state index contributed by atoms with van der Waals surface area (Å²) in [5.74, 6) is -1.90. The van der Waals surface area contributed by atoms with Gasteiger partial charge in [0.2, 0.25) is 11.3 Å². The Bertz CT molecular complexity index is 1190. The van der Waals surface area contributed by atoms with Crippen LogP contribution in [0.4, 0.5) is 10.1 Å². The van der Waals surface area contributed by atoms with Gasteiger partial charge in [0, 0.05) is 22.5 Å². The fourth-order valence-corrected chi connectivity index (χ4v) is 2.93. The van der Waals surface area contributed by atoms with Gasteiger partial charge in [-0.2, -0.15) is 5.10 Å². The molecule has 0 atom stereocenters. The minimum Gasteiger partial charge on any atom is -0.341 e. The summed E-state index contributed by atoms with van der Waals surface area (Å²) in [4.78, 5) is 36.8. The second-order valence-electron chi connectivity index (χ2n) is 6.51. The topological polar surface area (TPSA) is 93.1 Å². The Balaban J connectivity index is 1.76. The van der Waals surface area contributed by atoms with Crippen molar-refractivity contribution >= 4 is 29.1 Å². The fourth-order valence-electron chi connectivity index (χ4n) is 2.75. The number of rotatable bonds is 5. The molecule has 3 rings (SSSR count). The summed E-state index contributed by atoms with van der Waals surface area (Å²) in [6.07, 6.45) is 0. The maximum absolute atomic E-state index is 14.1. The predicted molar refractivity (Wildman–Crippen MR) is 112 cm³/mol. The first-order valence-electron chi connectivity index (χ1n) is 8.97. The second-order valence-corrected chi connectivity index (χ2v) is 6.91. The van der Waals surface area contributed by atoms with Crippen LogP contribution in [-0.4, -0.2) is 28.1 Å². The molecular weight excluding hydrogens is 411 g/mol. The number of anilines is 1. The largest absolute Gasteiger partial charge is 0.341 e. The summed E-state index contributed by atoms with van der Waals surface area (Å²) in [6, 6.07) is 12.1. The summed E-state index contributed by atoms with van der Waals surface area (Å²) < 4.78 is 15.3. The van der Waals surface area contributed by atoms with E-state index < -0.39 is 28.8 Å². The molecule has 1 aromatic heterocycles. The summed E-state index contributed by atoms with van der Waals surface area (Å²) in [5.41, 5.74) is 0.567. The monoisotopic (exact) mass is 428 g/mol. The van der Waals surface area contributed by atoms with Crippen LogP contribution in [0.25, 0.3) is 5.69 Å². The summed E-state index contributed by atoms with van der Waals surface area (Å²) in [6.45, 7) is 2.93. The smallest absolute Gasteiger partial charge is 0.276 e. The summed E-state index contributed by atoms with van der Waals surface area (Å²) >= 11 is 6.02. The molecule has 0 spiro atoms. The number of nitrogens with zero attached hydrogens (tertiary/aromatic N) is 2. The Morgan fingerprint density at radius 3 is 2.60 bits per heavy atom. The molecule has 7 nitrogen and oxygen atoms in total. The number of halogens is 2. The predicted octanol–water partition coefficient (Wildman–Crippen LogP) is 3.01. The Morgan fingerprint density at radius 1 is 1.13 bits per heavy atom. The third kappa shape index (κ3) is 4.55. The zero-order valence-corrected chi connectivity index (χ0v) is 17.0. The van der Waals surface area contributed by atoms with E-state index in [1.165, 1.54) is 28.9 Å². The van der Waals surface area contributed by atoms with Crippen LogP contribution in [0, 0.1) is 19.7 Å². The minimum absolute atomic E-state index is 0.0956. The average molecular weight is 429 g/mol. The lowest BCUT2D eigenvalue weighted by atomic mass is 10.2. The van der Waals surface area contributed by atoms with Gasteiger partial charge in [-0.05, 0) is 43.7 Å². The molecule has 1 heterocycles. The van der Waals surface area contributed by atoms with Gasteiger partial charge in [0.1, 0.15) is 11.5 Å². The quantitative estimate of drug-likeness (QED) is 0.653. The second kappa shape index (κ2) is 8.87. The van der Waals surface area contributed by atoms with E-state index in [2.05, 4.69) is 15.7 Å². The summed E-state index contributed by atoms with van der Waals surface area (Å²) in [7, 11) is 0. The molecule has 154 valence electrons. The maximum Gasteiger partial charge on any atom is 0.276 e. The number of hydrogen-bond donors (Lipinski definition) is 2. The van der Waals surface area contributed by atoms with Crippen molar-refractivity contribution in [1.29, 1.82) is 0 Å². The highest BCUT2D eigenvalue weighted by atomic mass is 35.5. The molecule has 3 aromatic rings. The van der Waals surface area contributed by atoms with Crippen LogP contribution in [0.5, 0.6) is 0 Å². The highest BCUT2D eigenvalue weighted by Gasteiger charge is 2.17. The van der Waals surface area contributed by atoms with Gasteiger partial charge in [-0.15, -0.1) is 0 Å². The van der Waals surface area contributed by atoms with Crippen molar-refractivity contribution in [2.75, 3.05) is 11.9 Å². The lowest BCUT2D eigenvalue weighted by Crippen LogP contribution is -2.37. The van der Waals surface area contributed by atoms with E-state index in [0.29, 0.717) is 22.0 Å². The van der Waals surface area contributed by atoms with E-state index in [1.54, 1.807) is 38.1 Å². The molecule has 2 aromatic carbocycles. The van der Waals surface area contributed by atoms with Gasteiger partial charge in [-0.3, -0.25) is 14.4 Å². The van der Waals surface area contributed by atoms with Crippen LogP contribution in [0.1, 0.15) is 21.7 Å². The standard InChI is InChI=1S/C21H18ClFN4O3/c1-12-10-18(28)20(26-27(12)17-9-4-3-7-15(17)23)21(30)24-11-19(29)25-16-8-5-6-14(22)13(16)2/h3-10H,11H2,1-2H3,(H,24,30)(H,25,29). The Labute approximate surface area is 176 Å². The van der Waals surface area contributed by atoms with Crippen LogP contribution >= 0.6 is 11.6 Å². The number of carbonyl (C=O) groups is 2. The minimum atomic E-state index is -0.844. The van der Waals surface area contributed by atoms with Crippen molar-refractivity contribution in [3.63, 3.8) is 0 Å². The number of aryl methyl sites for hydroxylation is 1. The highest BCUT2D eigenvalue weighted by molar-refractivity contribution is 6.31. The van der Waals surface area contributed by atoms with Crippen LogP contribution in [0.15, 0.2) is 53.3 Å². The number of aromatic nitrogens is 2. The van der Waals surface area contributed by atoms with Gasteiger partial charge >= 0.3 is 0 Å². The molecule has 0 fully saturated rings. The molecule has 0 bridgehead atoms. The van der Waals surface area contributed by atoms with Crippen molar-refractivity contribution in [3.8, 4) is 5.69 Å². The Hall–Kier alpha value is -3.52. The number of hydrogen-bond acceptors (Lipinski definition) is 4. The third-order valence-electron chi connectivity index (χ3n) is 4.35. The van der Waals surface area contributed by atoms with E-state index >= 15 is 0 Å². The maximum atomic E-state index is 14.1. The van der Waals surface area contributed by atoms with Gasteiger partial charge in [-0.1, -0.05) is 29.8 Å². The number of nitrogens with one attached hydrogen (secondary N) is 2. The van der Waals surface area contributed by atoms with Gasteiger partial charge in [0.25, 0.3) is 5.91 Å². The SMILES string of the molecule is Cc1c(Cl)cccc1NC(=O)CNC(=O)c1nn(-c2ccccc2F)c(C)cc1=O. The molecule has 0 aliphatic rings. The van der Waals surface area contributed by atoms with Crippen molar-refractivity contribution in [3.05, 3.63) is 86.5 Å². The zero-order valence-electron chi connectivity index (χ0n) is 16.2. The number of carbonyl (C=O) groups excluding carboxylic acids is 2. The van der Waals surface area contributed by atoms with Crippen LogP contribution in [0.2, 0.25) is 5.02 Å². The normalized spacial score (nSPS) is 10.5. The molecule has 0 unspecified atom stereocenters. The lowest BCUT2D eigenvalue weighted by Gasteiger charge is -2.12. The number of para-hydroxylation sites is 1. The van der Waals surface area contributed by atoms with Crippen LogP contribution < -0.4 is 16.1 Å². The van der Waals surface area contributed by atoms with Gasteiger partial charge in [0.15, 0.2) is 5.69 Å². The molecule has 9 heteroatoms. The van der Waals surface area contributed by atoms with Crippen molar-refractivity contribution < 1.29 is 14.0 Å². The molecular formula is C21H18ClFN4O3. The van der Waals surface area contributed by atoms with Crippen LogP contribution in [0.3, 0.4) is 0 Å². The fraction of sp³-hybridized carbons (Fsp3) is 0.143. The first kappa shape index (κ1) is 21.2. The first-order valence-corrected chi connectivity index (χ1v) is 9.34. The van der Waals surface area contributed by atoms with E-state index in [9.17, 15) is 18.8 Å². The average Bonchev–Trinajstić information content (AvgIpc) is 2.70. The van der Waals surface area contributed by atoms with Crippen molar-refractivity contribution in [1.82, 2.24) is 15.1 Å².